The van der Waals surface area contributed by atoms with Crippen LogP contribution in [0.3, 0.4) is 0 Å². The number of piperidine rings is 2. The van der Waals surface area contributed by atoms with Gasteiger partial charge in [0.1, 0.15) is 6.04 Å². The van der Waals surface area contributed by atoms with E-state index in [1.165, 1.54) is 18.4 Å². The minimum atomic E-state index is -5.08. The first-order valence-corrected chi connectivity index (χ1v) is 10.9. The van der Waals surface area contributed by atoms with Crippen molar-refractivity contribution in [2.45, 2.75) is 50.4 Å². The second-order valence-electron chi connectivity index (χ2n) is 8.35. The van der Waals surface area contributed by atoms with E-state index in [4.69, 9.17) is 9.90 Å². The number of anilines is 1. The Morgan fingerprint density at radius 1 is 1.06 bits per heavy atom. The number of carbonyl (C=O) groups is 4. The third-order valence-electron chi connectivity index (χ3n) is 6.21. The van der Waals surface area contributed by atoms with Crippen LogP contribution < -0.4 is 15.5 Å². The Labute approximate surface area is 192 Å². The summed E-state index contributed by atoms with van der Waals surface area (Å²) in [6.07, 6.45) is -0.994. The first-order valence-electron chi connectivity index (χ1n) is 10.9. The van der Waals surface area contributed by atoms with E-state index < -0.39 is 24.1 Å². The molecule has 0 spiro atoms. The molecule has 5 rings (SSSR count). The lowest BCUT2D eigenvalue weighted by molar-refractivity contribution is -0.192. The molecule has 8 nitrogen and oxygen atoms in total. The Kier molecular flexibility index (Phi) is 6.30. The minimum absolute atomic E-state index is 0.154. The lowest BCUT2D eigenvalue weighted by atomic mass is 9.91. The number of nitrogens with one attached hydrogen (secondary N) is 2. The van der Waals surface area contributed by atoms with E-state index in [2.05, 4.69) is 22.8 Å². The average Bonchev–Trinajstić information content (AvgIpc) is 3.08. The molecule has 11 heteroatoms. The summed E-state index contributed by atoms with van der Waals surface area (Å²) >= 11 is 0. The average molecular weight is 477 g/mol. The van der Waals surface area contributed by atoms with Crippen LogP contribution in [0.5, 0.6) is 0 Å². The van der Waals surface area contributed by atoms with Gasteiger partial charge < -0.3 is 10.4 Å². The van der Waals surface area contributed by atoms with Gasteiger partial charge in [-0.25, -0.2) is 4.79 Å². The molecule has 34 heavy (non-hydrogen) atoms. The number of hydrogen-bond donors (Lipinski definition) is 3. The number of alkyl halides is 3. The second-order valence-corrected chi connectivity index (χ2v) is 8.35. The highest BCUT2D eigenvalue weighted by Crippen LogP contribution is 2.42. The molecule has 2 fully saturated rings. The van der Waals surface area contributed by atoms with Crippen molar-refractivity contribution in [1.82, 2.24) is 10.6 Å². The molecule has 0 aliphatic carbocycles. The van der Waals surface area contributed by atoms with Gasteiger partial charge >= 0.3 is 12.1 Å². The molecule has 0 aromatic heterocycles. The third kappa shape index (κ3) is 4.35. The molecule has 3 aliphatic rings. The molecule has 3 aliphatic heterocycles. The van der Waals surface area contributed by atoms with E-state index in [1.54, 1.807) is 4.90 Å². The topological polar surface area (TPSA) is 116 Å². The van der Waals surface area contributed by atoms with Crippen LogP contribution in [0.15, 0.2) is 30.3 Å². The van der Waals surface area contributed by atoms with Crippen LogP contribution >= 0.6 is 0 Å². The molecule has 2 aromatic rings. The molecule has 3 amide bonds. The molecule has 2 atom stereocenters. The fourth-order valence-corrected chi connectivity index (χ4v) is 4.69. The van der Waals surface area contributed by atoms with Gasteiger partial charge in [0.25, 0.3) is 5.91 Å². The maximum atomic E-state index is 13.1. The normalized spacial score (nSPS) is 22.3. The molecule has 3 heterocycles. The van der Waals surface area contributed by atoms with Crippen LogP contribution in [-0.4, -0.2) is 47.6 Å². The monoisotopic (exact) mass is 477 g/mol. The molecule has 2 aromatic carbocycles. The number of nitrogens with zero attached hydrogens (tertiary/aromatic N) is 1. The number of benzene rings is 2. The van der Waals surface area contributed by atoms with Gasteiger partial charge in [-0.15, -0.1) is 0 Å². The number of carbonyl (C=O) groups excluding carboxylic acids is 3. The van der Waals surface area contributed by atoms with Gasteiger partial charge in [-0.2, -0.15) is 13.2 Å². The molecular formula is C23H22F3N3O5. The number of rotatable bonds is 2. The number of aliphatic carboxylic acids is 1. The van der Waals surface area contributed by atoms with Crippen molar-refractivity contribution in [1.29, 1.82) is 0 Å². The number of hydrogen-bond acceptors (Lipinski definition) is 5. The molecule has 180 valence electrons. The summed E-state index contributed by atoms with van der Waals surface area (Å²) in [5, 5.41) is 15.1. The largest absolute Gasteiger partial charge is 0.490 e. The standard InChI is InChI=1S/C21H21N3O3.C2HF3O2/c25-18-10-9-17(20(26)23-18)24-16-6-3-4-13-12(15-5-1-2-11-22-15)7-8-14(19(13)16)21(24)27;3-2(4,5)1(6)7/h3-4,6-8,15,17,22H,1-2,5,9-11H2,(H,23,25,26);(H,6,7). The summed E-state index contributed by atoms with van der Waals surface area (Å²) in [6.45, 7) is 1.01. The number of amides is 3. The van der Waals surface area contributed by atoms with Crippen LogP contribution in [0.4, 0.5) is 18.9 Å². The quantitative estimate of drug-likeness (QED) is 0.573. The zero-order valence-electron chi connectivity index (χ0n) is 17.9. The van der Waals surface area contributed by atoms with Crippen LogP contribution in [-0.2, 0) is 14.4 Å². The first kappa shape index (κ1) is 23.7. The highest BCUT2D eigenvalue weighted by Gasteiger charge is 2.41. The summed E-state index contributed by atoms with van der Waals surface area (Å²) in [5.41, 5.74) is 2.64. The van der Waals surface area contributed by atoms with Crippen molar-refractivity contribution in [2.75, 3.05) is 11.4 Å². The van der Waals surface area contributed by atoms with Crippen LogP contribution in [0.1, 0.15) is 54.1 Å². The highest BCUT2D eigenvalue weighted by molar-refractivity contribution is 6.27. The van der Waals surface area contributed by atoms with E-state index >= 15 is 0 Å². The molecule has 2 saturated heterocycles. The predicted octanol–water partition coefficient (Wildman–Crippen LogP) is 3.05. The van der Waals surface area contributed by atoms with Crippen molar-refractivity contribution in [3.63, 3.8) is 0 Å². The van der Waals surface area contributed by atoms with Crippen molar-refractivity contribution in [2.24, 2.45) is 0 Å². The van der Waals surface area contributed by atoms with Crippen molar-refractivity contribution >= 4 is 40.2 Å². The zero-order valence-corrected chi connectivity index (χ0v) is 17.9. The third-order valence-corrected chi connectivity index (χ3v) is 6.21. The Hall–Kier alpha value is -3.47. The molecular weight excluding hydrogens is 455 g/mol. The van der Waals surface area contributed by atoms with Crippen molar-refractivity contribution in [3.05, 3.63) is 41.5 Å². The minimum Gasteiger partial charge on any atom is -0.475 e. The molecule has 3 N–H and O–H groups in total. The molecule has 0 saturated carbocycles. The van der Waals surface area contributed by atoms with E-state index in [0.717, 1.165) is 29.4 Å². The Bertz CT molecular complexity index is 1170. The van der Waals surface area contributed by atoms with Crippen molar-refractivity contribution < 1.29 is 37.5 Å². The van der Waals surface area contributed by atoms with E-state index in [0.29, 0.717) is 18.0 Å². The lowest BCUT2D eigenvalue weighted by Crippen LogP contribution is -2.53. The Balaban J connectivity index is 0.000000344. The summed E-state index contributed by atoms with van der Waals surface area (Å²) < 4.78 is 31.7. The smallest absolute Gasteiger partial charge is 0.475 e. The van der Waals surface area contributed by atoms with Gasteiger partial charge in [-0.05, 0) is 48.9 Å². The SMILES string of the molecule is O=C(O)C(F)(F)F.O=C1CCC(N2C(=O)c3ccc(C4CCCCN4)c4cccc2c34)C(=O)N1. The lowest BCUT2D eigenvalue weighted by Gasteiger charge is -2.30. The summed E-state index contributed by atoms with van der Waals surface area (Å²) in [5.74, 6) is -3.57. The first-order chi connectivity index (χ1) is 16.1. The van der Waals surface area contributed by atoms with Crippen molar-refractivity contribution in [3.8, 4) is 0 Å². The second kappa shape index (κ2) is 9.05. The van der Waals surface area contributed by atoms with E-state index in [-0.39, 0.29) is 18.2 Å². The number of halogens is 3. The zero-order chi connectivity index (χ0) is 24.6. The van der Waals surface area contributed by atoms with Crippen LogP contribution in [0.25, 0.3) is 10.8 Å². The molecule has 2 unspecified atom stereocenters. The summed E-state index contributed by atoms with van der Waals surface area (Å²) in [7, 11) is 0. The number of carboxylic acids is 1. The summed E-state index contributed by atoms with van der Waals surface area (Å²) in [6, 6.07) is 9.52. The molecule has 0 bridgehead atoms. The van der Waals surface area contributed by atoms with E-state index in [9.17, 15) is 27.6 Å². The Morgan fingerprint density at radius 2 is 1.79 bits per heavy atom. The van der Waals surface area contributed by atoms with Crippen LogP contribution in [0.2, 0.25) is 0 Å². The summed E-state index contributed by atoms with van der Waals surface area (Å²) in [4.78, 5) is 47.5. The fourth-order valence-electron chi connectivity index (χ4n) is 4.69. The van der Waals surface area contributed by atoms with Crippen LogP contribution in [0, 0.1) is 0 Å². The Morgan fingerprint density at radius 3 is 2.41 bits per heavy atom. The van der Waals surface area contributed by atoms with Gasteiger partial charge in [0.2, 0.25) is 11.8 Å². The van der Waals surface area contributed by atoms with Gasteiger partial charge in [-0.1, -0.05) is 24.6 Å². The number of imide groups is 1. The van der Waals surface area contributed by atoms with Gasteiger partial charge in [0, 0.05) is 23.4 Å². The predicted molar refractivity (Wildman–Crippen MR) is 115 cm³/mol. The fraction of sp³-hybridized carbons (Fsp3) is 0.391. The molecule has 0 radical (unpaired) electrons. The maximum Gasteiger partial charge on any atom is 0.490 e. The van der Waals surface area contributed by atoms with Gasteiger partial charge in [0.05, 0.1) is 5.69 Å². The highest BCUT2D eigenvalue weighted by atomic mass is 19.4. The maximum absolute atomic E-state index is 13.1. The number of carboxylic acid groups (broad SMARTS) is 1. The van der Waals surface area contributed by atoms with Gasteiger partial charge in [-0.3, -0.25) is 24.6 Å². The van der Waals surface area contributed by atoms with Gasteiger partial charge in [0.15, 0.2) is 0 Å². The van der Waals surface area contributed by atoms with E-state index in [1.807, 2.05) is 18.2 Å².